The number of nitrogens with zero attached hydrogens (tertiary/aromatic N) is 5. The second-order valence-electron chi connectivity index (χ2n) is 12.9. The van der Waals surface area contributed by atoms with Gasteiger partial charge in [-0.25, -0.2) is 13.2 Å². The van der Waals surface area contributed by atoms with Crippen molar-refractivity contribution in [2.24, 2.45) is 5.92 Å². The highest BCUT2D eigenvalue weighted by molar-refractivity contribution is 7.23. The molecule has 3 saturated heterocycles. The lowest BCUT2D eigenvalue weighted by Gasteiger charge is -2.38. The van der Waals surface area contributed by atoms with Gasteiger partial charge >= 0.3 is 6.01 Å². The van der Waals surface area contributed by atoms with Crippen molar-refractivity contribution in [3.05, 3.63) is 41.2 Å². The average molecular weight is 623 g/mol. The van der Waals surface area contributed by atoms with Crippen LogP contribution in [0.3, 0.4) is 0 Å². The molecule has 12 heteroatoms. The Morgan fingerprint density at radius 3 is 2.75 bits per heavy atom. The standard InChI is InChI=1S/C32H33F3N6O2S/c1-17-12-32(8-4-10-41(32)14-17)16-43-30-38-26-19(29(39-30)40-9-3-7-31(2,42)15-40)11-22(34)24(25(26)35)18-5-6-21(33)27-23(18)20(13-36)28(37)44-27/h5-6,11,17,42H,3-4,7-10,12,14-16,37H2,1-2H3/t17-,31-,32+/m1/s1. The summed E-state index contributed by atoms with van der Waals surface area (Å²) < 4.78 is 53.8. The first-order valence-electron chi connectivity index (χ1n) is 15.0. The van der Waals surface area contributed by atoms with Crippen molar-refractivity contribution in [3.8, 4) is 23.2 Å². The maximum absolute atomic E-state index is 16.7. The summed E-state index contributed by atoms with van der Waals surface area (Å²) in [6, 6.07) is 5.47. The Balaban J connectivity index is 1.40. The maximum atomic E-state index is 16.7. The van der Waals surface area contributed by atoms with Gasteiger partial charge in [0.2, 0.25) is 0 Å². The molecule has 0 aliphatic carbocycles. The fourth-order valence-electron chi connectivity index (χ4n) is 7.64. The van der Waals surface area contributed by atoms with Gasteiger partial charge in [-0.1, -0.05) is 13.0 Å². The number of anilines is 2. The first-order chi connectivity index (χ1) is 21.0. The normalized spacial score (nSPS) is 25.6. The molecule has 0 bridgehead atoms. The lowest BCUT2D eigenvalue weighted by Crippen LogP contribution is -2.46. The van der Waals surface area contributed by atoms with E-state index in [1.807, 2.05) is 11.0 Å². The number of nitrogen functional groups attached to an aromatic ring is 1. The fourth-order valence-corrected chi connectivity index (χ4v) is 8.59. The third-order valence-electron chi connectivity index (χ3n) is 9.49. The number of rotatable bonds is 5. The molecular weight excluding hydrogens is 589 g/mol. The molecule has 3 atom stereocenters. The van der Waals surface area contributed by atoms with Crippen molar-refractivity contribution in [1.82, 2.24) is 14.9 Å². The first-order valence-corrected chi connectivity index (χ1v) is 15.8. The molecule has 4 aromatic rings. The average Bonchev–Trinajstić information content (AvgIpc) is 3.62. The minimum atomic E-state index is -1.01. The molecule has 2 aromatic heterocycles. The summed E-state index contributed by atoms with van der Waals surface area (Å²) in [7, 11) is 0. The highest BCUT2D eigenvalue weighted by Crippen LogP contribution is 2.45. The van der Waals surface area contributed by atoms with E-state index in [2.05, 4.69) is 21.8 Å². The highest BCUT2D eigenvalue weighted by atomic mass is 32.1. The number of aromatic nitrogens is 2. The zero-order valence-corrected chi connectivity index (χ0v) is 25.4. The smallest absolute Gasteiger partial charge is 0.319 e. The van der Waals surface area contributed by atoms with Gasteiger partial charge in [0.05, 0.1) is 27.0 Å². The van der Waals surface area contributed by atoms with Gasteiger partial charge in [-0.2, -0.15) is 15.2 Å². The van der Waals surface area contributed by atoms with E-state index in [4.69, 9.17) is 10.5 Å². The molecule has 0 amide bonds. The number of nitrogens with two attached hydrogens (primary N) is 1. The zero-order valence-electron chi connectivity index (χ0n) is 24.6. The van der Waals surface area contributed by atoms with Gasteiger partial charge < -0.3 is 20.5 Å². The number of hydrogen-bond acceptors (Lipinski definition) is 9. The molecule has 0 saturated carbocycles. The van der Waals surface area contributed by atoms with Crippen molar-refractivity contribution < 1.29 is 23.0 Å². The number of fused-ring (bicyclic) bond motifs is 3. The lowest BCUT2D eigenvalue weighted by atomic mass is 9.92. The number of benzene rings is 2. The molecule has 230 valence electrons. The number of aliphatic hydroxyl groups is 1. The summed E-state index contributed by atoms with van der Waals surface area (Å²) in [6.45, 7) is 7.04. The second-order valence-corrected chi connectivity index (χ2v) is 14.0. The van der Waals surface area contributed by atoms with Crippen LogP contribution in [0.1, 0.15) is 51.5 Å². The summed E-state index contributed by atoms with van der Waals surface area (Å²) in [4.78, 5) is 13.4. The van der Waals surface area contributed by atoms with Crippen LogP contribution in [0.5, 0.6) is 6.01 Å². The number of ether oxygens (including phenoxy) is 1. The predicted molar refractivity (Wildman–Crippen MR) is 164 cm³/mol. The van der Waals surface area contributed by atoms with Crippen LogP contribution in [-0.2, 0) is 0 Å². The molecule has 3 aliphatic heterocycles. The van der Waals surface area contributed by atoms with E-state index in [0.717, 1.165) is 49.8 Å². The minimum Gasteiger partial charge on any atom is -0.461 e. The second kappa shape index (κ2) is 10.5. The number of nitriles is 1. The van der Waals surface area contributed by atoms with Crippen LogP contribution >= 0.6 is 11.3 Å². The first kappa shape index (κ1) is 29.1. The van der Waals surface area contributed by atoms with Crippen LogP contribution in [0.2, 0.25) is 0 Å². The molecule has 3 N–H and O–H groups in total. The largest absolute Gasteiger partial charge is 0.461 e. The molecule has 5 heterocycles. The monoisotopic (exact) mass is 622 g/mol. The van der Waals surface area contributed by atoms with E-state index in [-0.39, 0.29) is 61.0 Å². The molecule has 0 unspecified atom stereocenters. The van der Waals surface area contributed by atoms with Gasteiger partial charge in [0, 0.05) is 30.4 Å². The Hall–Kier alpha value is -3.66. The maximum Gasteiger partial charge on any atom is 0.319 e. The van der Waals surface area contributed by atoms with Gasteiger partial charge in [-0.3, -0.25) is 4.90 Å². The number of halogens is 3. The summed E-state index contributed by atoms with van der Waals surface area (Å²) in [5.41, 5.74) is 4.22. The Bertz CT molecular complexity index is 1860. The van der Waals surface area contributed by atoms with E-state index in [0.29, 0.717) is 31.9 Å². The van der Waals surface area contributed by atoms with Crippen molar-refractivity contribution in [1.29, 1.82) is 5.26 Å². The summed E-state index contributed by atoms with van der Waals surface area (Å²) in [6.07, 6.45) is 4.30. The molecule has 8 nitrogen and oxygen atoms in total. The van der Waals surface area contributed by atoms with Crippen LogP contribution in [0.4, 0.5) is 24.0 Å². The quantitative estimate of drug-likeness (QED) is 0.279. The Morgan fingerprint density at radius 1 is 1.18 bits per heavy atom. The molecule has 0 radical (unpaired) electrons. The summed E-state index contributed by atoms with van der Waals surface area (Å²) >= 11 is 0.859. The van der Waals surface area contributed by atoms with Gasteiger partial charge in [0.25, 0.3) is 0 Å². The topological polar surface area (TPSA) is 112 Å². The van der Waals surface area contributed by atoms with Gasteiger partial charge in [-0.05, 0) is 69.2 Å². The SMILES string of the molecule is C[C@H]1CN2CCC[C@@]2(COc2nc(N3CCC[C@@](C)(O)C3)c3cc(F)c(-c4ccc(F)c5sc(N)c(C#N)c45)c(F)c3n2)C1. The van der Waals surface area contributed by atoms with E-state index >= 15 is 8.78 Å². The van der Waals surface area contributed by atoms with Crippen LogP contribution < -0.4 is 15.4 Å². The Labute approximate surface area is 256 Å². The molecule has 2 aromatic carbocycles. The predicted octanol–water partition coefficient (Wildman–Crippen LogP) is 5.99. The van der Waals surface area contributed by atoms with Crippen molar-refractivity contribution in [3.63, 3.8) is 0 Å². The third-order valence-corrected chi connectivity index (χ3v) is 10.5. The number of hydrogen-bond donors (Lipinski definition) is 2. The Morgan fingerprint density at radius 2 is 1.98 bits per heavy atom. The van der Waals surface area contributed by atoms with Gasteiger partial charge in [0.15, 0.2) is 5.82 Å². The Kier molecular flexibility index (Phi) is 6.91. The zero-order chi connectivity index (χ0) is 31.0. The van der Waals surface area contributed by atoms with Crippen LogP contribution in [0.25, 0.3) is 32.1 Å². The molecule has 0 spiro atoms. The number of piperidine rings is 1. The van der Waals surface area contributed by atoms with Gasteiger partial charge in [-0.15, -0.1) is 11.3 Å². The van der Waals surface area contributed by atoms with Crippen molar-refractivity contribution in [2.75, 3.05) is 43.4 Å². The van der Waals surface area contributed by atoms with E-state index in [1.54, 1.807) is 6.92 Å². The lowest BCUT2D eigenvalue weighted by molar-refractivity contribution is 0.0447. The fraction of sp³-hybridized carbons (Fsp3) is 0.469. The van der Waals surface area contributed by atoms with Crippen molar-refractivity contribution >= 4 is 43.1 Å². The van der Waals surface area contributed by atoms with E-state index in [9.17, 15) is 14.8 Å². The summed E-state index contributed by atoms with van der Waals surface area (Å²) in [5, 5.41) is 20.9. The molecule has 3 aliphatic rings. The number of β-amino-alcohol motifs (C(OH)–C–C–N with tert-alkyl or cyclic N) is 1. The number of thiophene rings is 1. The minimum absolute atomic E-state index is 0.00626. The molecule has 44 heavy (non-hydrogen) atoms. The highest BCUT2D eigenvalue weighted by Gasteiger charge is 2.48. The van der Waals surface area contributed by atoms with Crippen LogP contribution in [0.15, 0.2) is 18.2 Å². The van der Waals surface area contributed by atoms with E-state index < -0.39 is 28.6 Å². The molecule has 3 fully saturated rings. The van der Waals surface area contributed by atoms with E-state index in [1.165, 1.54) is 12.1 Å². The van der Waals surface area contributed by atoms with Crippen LogP contribution in [0, 0.1) is 34.7 Å². The summed E-state index contributed by atoms with van der Waals surface area (Å²) in [5.74, 6) is -1.73. The molecular formula is C32H33F3N6O2S. The van der Waals surface area contributed by atoms with Gasteiger partial charge in [0.1, 0.15) is 40.6 Å². The van der Waals surface area contributed by atoms with Crippen molar-refractivity contribution in [2.45, 2.75) is 57.1 Å². The molecule has 7 rings (SSSR count). The third kappa shape index (κ3) is 4.64. The van der Waals surface area contributed by atoms with Crippen LogP contribution in [-0.4, -0.2) is 63.9 Å².